The first-order chi connectivity index (χ1) is 11.5. The molecule has 0 spiro atoms. The summed E-state index contributed by atoms with van der Waals surface area (Å²) in [5, 5.41) is 3.48. The molecule has 24 heavy (non-hydrogen) atoms. The molecule has 126 valence electrons. The van der Waals surface area contributed by atoms with Gasteiger partial charge in [-0.05, 0) is 72.7 Å². The summed E-state index contributed by atoms with van der Waals surface area (Å²) >= 11 is 2.26. The van der Waals surface area contributed by atoms with Gasteiger partial charge in [-0.3, -0.25) is 0 Å². The van der Waals surface area contributed by atoms with Gasteiger partial charge in [-0.15, -0.1) is 6.42 Å². The Bertz CT molecular complexity index is 750. The van der Waals surface area contributed by atoms with Crippen LogP contribution in [0.1, 0.15) is 23.6 Å². The van der Waals surface area contributed by atoms with Gasteiger partial charge in [0.2, 0.25) is 0 Å². The SMILES string of the molecule is C#CCOc1c(I)cc(CNc2ccc(C)cc2C)cc1OCC. The van der Waals surface area contributed by atoms with E-state index in [0.29, 0.717) is 12.4 Å². The maximum atomic E-state index is 5.72. The first-order valence-electron chi connectivity index (χ1n) is 7.87. The molecule has 0 unspecified atom stereocenters. The van der Waals surface area contributed by atoms with E-state index in [9.17, 15) is 0 Å². The van der Waals surface area contributed by atoms with E-state index in [2.05, 4.69) is 71.9 Å². The molecule has 0 radical (unpaired) electrons. The van der Waals surface area contributed by atoms with E-state index in [4.69, 9.17) is 15.9 Å². The van der Waals surface area contributed by atoms with Crippen molar-refractivity contribution < 1.29 is 9.47 Å². The van der Waals surface area contributed by atoms with Crippen LogP contribution in [-0.2, 0) is 6.54 Å². The lowest BCUT2D eigenvalue weighted by molar-refractivity contribution is 0.297. The zero-order valence-electron chi connectivity index (χ0n) is 14.3. The molecule has 3 nitrogen and oxygen atoms in total. The minimum atomic E-state index is 0.232. The van der Waals surface area contributed by atoms with Crippen LogP contribution in [0.3, 0.4) is 0 Å². The Hall–Kier alpha value is -1.87. The van der Waals surface area contributed by atoms with Crippen molar-refractivity contribution in [3.63, 3.8) is 0 Å². The van der Waals surface area contributed by atoms with Crippen LogP contribution in [0, 0.1) is 29.8 Å². The molecule has 0 fully saturated rings. The Balaban J connectivity index is 2.19. The largest absolute Gasteiger partial charge is 0.490 e. The average molecular weight is 435 g/mol. The summed E-state index contributed by atoms with van der Waals surface area (Å²) in [6.07, 6.45) is 5.29. The second-order valence-corrected chi connectivity index (χ2v) is 6.66. The lowest BCUT2D eigenvalue weighted by atomic mass is 10.1. The molecular weight excluding hydrogens is 413 g/mol. The minimum Gasteiger partial charge on any atom is -0.490 e. The van der Waals surface area contributed by atoms with Crippen LogP contribution < -0.4 is 14.8 Å². The molecule has 2 rings (SSSR count). The molecule has 0 saturated heterocycles. The zero-order chi connectivity index (χ0) is 17.5. The highest BCUT2D eigenvalue weighted by molar-refractivity contribution is 14.1. The molecule has 2 aromatic carbocycles. The molecule has 0 saturated carbocycles. The molecule has 0 aliphatic rings. The fourth-order valence-electron chi connectivity index (χ4n) is 2.45. The van der Waals surface area contributed by atoms with Gasteiger partial charge in [-0.1, -0.05) is 23.6 Å². The van der Waals surface area contributed by atoms with Gasteiger partial charge in [-0.25, -0.2) is 0 Å². The normalized spacial score (nSPS) is 10.1. The minimum absolute atomic E-state index is 0.232. The van der Waals surface area contributed by atoms with E-state index in [0.717, 1.165) is 27.1 Å². The highest BCUT2D eigenvalue weighted by Crippen LogP contribution is 2.34. The number of terminal acetylenes is 1. The molecule has 0 amide bonds. The van der Waals surface area contributed by atoms with Crippen LogP contribution >= 0.6 is 22.6 Å². The summed E-state index contributed by atoms with van der Waals surface area (Å²) in [5.74, 6) is 3.94. The molecule has 0 aliphatic carbocycles. The van der Waals surface area contributed by atoms with Crippen LogP contribution in [0.25, 0.3) is 0 Å². The number of nitrogens with one attached hydrogen (secondary N) is 1. The lowest BCUT2D eigenvalue weighted by Crippen LogP contribution is -2.05. The smallest absolute Gasteiger partial charge is 0.175 e. The molecule has 0 aliphatic heterocycles. The first kappa shape index (κ1) is 18.5. The van der Waals surface area contributed by atoms with Gasteiger partial charge in [0.25, 0.3) is 0 Å². The Morgan fingerprint density at radius 3 is 2.62 bits per heavy atom. The van der Waals surface area contributed by atoms with Crippen LogP contribution in [-0.4, -0.2) is 13.2 Å². The number of hydrogen-bond donors (Lipinski definition) is 1. The standard InChI is InChI=1S/C20H22INO2/c1-5-9-24-20-17(21)11-16(12-19(20)23-6-2)13-22-18-8-7-14(3)10-15(18)4/h1,7-8,10-12,22H,6,9,13H2,2-4H3. The van der Waals surface area contributed by atoms with Crippen LogP contribution in [0.15, 0.2) is 30.3 Å². The van der Waals surface area contributed by atoms with Gasteiger partial charge in [0, 0.05) is 12.2 Å². The van der Waals surface area contributed by atoms with Crippen molar-refractivity contribution in [3.8, 4) is 23.8 Å². The van der Waals surface area contributed by atoms with E-state index in [1.54, 1.807) is 0 Å². The second kappa shape index (κ2) is 8.84. The summed E-state index contributed by atoms with van der Waals surface area (Å²) in [6.45, 7) is 7.70. The number of ether oxygens (including phenoxy) is 2. The Labute approximate surface area is 157 Å². The van der Waals surface area contributed by atoms with Crippen molar-refractivity contribution in [2.45, 2.75) is 27.3 Å². The van der Waals surface area contributed by atoms with Gasteiger partial charge in [0.15, 0.2) is 11.5 Å². The van der Waals surface area contributed by atoms with Crippen molar-refractivity contribution in [2.24, 2.45) is 0 Å². The zero-order valence-corrected chi connectivity index (χ0v) is 16.4. The molecule has 4 heteroatoms. The van der Waals surface area contributed by atoms with E-state index in [1.807, 2.05) is 13.0 Å². The highest BCUT2D eigenvalue weighted by atomic mass is 127. The van der Waals surface area contributed by atoms with Gasteiger partial charge >= 0.3 is 0 Å². The van der Waals surface area contributed by atoms with E-state index < -0.39 is 0 Å². The fraction of sp³-hybridized carbons (Fsp3) is 0.300. The molecule has 0 bridgehead atoms. The predicted molar refractivity (Wildman–Crippen MR) is 108 cm³/mol. The van der Waals surface area contributed by atoms with Crippen LogP contribution in [0.5, 0.6) is 11.5 Å². The van der Waals surface area contributed by atoms with Gasteiger partial charge in [0.05, 0.1) is 10.2 Å². The number of aryl methyl sites for hydroxylation is 2. The molecule has 0 atom stereocenters. The summed E-state index contributed by atoms with van der Waals surface area (Å²) in [5.41, 5.74) is 4.78. The maximum Gasteiger partial charge on any atom is 0.175 e. The summed E-state index contributed by atoms with van der Waals surface area (Å²) in [4.78, 5) is 0. The number of benzene rings is 2. The number of hydrogen-bond acceptors (Lipinski definition) is 3. The third kappa shape index (κ3) is 4.81. The first-order valence-corrected chi connectivity index (χ1v) is 8.95. The summed E-state index contributed by atoms with van der Waals surface area (Å²) < 4.78 is 12.3. The van der Waals surface area contributed by atoms with E-state index in [1.165, 1.54) is 11.1 Å². The van der Waals surface area contributed by atoms with Gasteiger partial charge in [0.1, 0.15) is 6.61 Å². The van der Waals surface area contributed by atoms with Crippen molar-refractivity contribution in [3.05, 3.63) is 50.6 Å². The van der Waals surface area contributed by atoms with Crippen molar-refractivity contribution in [2.75, 3.05) is 18.5 Å². The fourth-order valence-corrected chi connectivity index (χ4v) is 3.27. The molecular formula is C20H22INO2. The van der Waals surface area contributed by atoms with Crippen molar-refractivity contribution in [1.29, 1.82) is 0 Å². The highest BCUT2D eigenvalue weighted by Gasteiger charge is 2.12. The average Bonchev–Trinajstić information content (AvgIpc) is 2.53. The van der Waals surface area contributed by atoms with Gasteiger partial charge < -0.3 is 14.8 Å². The molecule has 0 heterocycles. The topological polar surface area (TPSA) is 30.5 Å². The predicted octanol–water partition coefficient (Wildman–Crippen LogP) is 4.93. The number of anilines is 1. The van der Waals surface area contributed by atoms with E-state index in [-0.39, 0.29) is 6.61 Å². The Kier molecular flexibility index (Phi) is 6.80. The number of halogens is 1. The Morgan fingerprint density at radius 1 is 1.17 bits per heavy atom. The lowest BCUT2D eigenvalue weighted by Gasteiger charge is -2.15. The molecule has 2 aromatic rings. The third-order valence-corrected chi connectivity index (χ3v) is 4.34. The second-order valence-electron chi connectivity index (χ2n) is 5.50. The van der Waals surface area contributed by atoms with Crippen LogP contribution in [0.4, 0.5) is 5.69 Å². The molecule has 0 aromatic heterocycles. The van der Waals surface area contributed by atoms with Crippen molar-refractivity contribution >= 4 is 28.3 Å². The summed E-state index contributed by atoms with van der Waals surface area (Å²) in [6, 6.07) is 10.5. The Morgan fingerprint density at radius 2 is 1.96 bits per heavy atom. The van der Waals surface area contributed by atoms with Crippen molar-refractivity contribution in [1.82, 2.24) is 0 Å². The monoisotopic (exact) mass is 435 g/mol. The van der Waals surface area contributed by atoms with Gasteiger partial charge in [-0.2, -0.15) is 0 Å². The summed E-state index contributed by atoms with van der Waals surface area (Å²) in [7, 11) is 0. The molecule has 1 N–H and O–H groups in total. The quantitative estimate of drug-likeness (QED) is 0.494. The number of rotatable bonds is 7. The van der Waals surface area contributed by atoms with Crippen LogP contribution in [0.2, 0.25) is 0 Å². The third-order valence-electron chi connectivity index (χ3n) is 3.53. The van der Waals surface area contributed by atoms with E-state index >= 15 is 0 Å². The maximum absolute atomic E-state index is 5.72.